The Morgan fingerprint density at radius 1 is 1.35 bits per heavy atom. The van der Waals surface area contributed by atoms with Crippen molar-refractivity contribution >= 4 is 16.9 Å². The number of rotatable bonds is 5. The second kappa shape index (κ2) is 5.47. The van der Waals surface area contributed by atoms with Crippen LogP contribution in [0.1, 0.15) is 12.2 Å². The maximum absolute atomic E-state index is 11.7. The summed E-state index contributed by atoms with van der Waals surface area (Å²) in [7, 11) is 0. The molecule has 8 heteroatoms. The van der Waals surface area contributed by atoms with E-state index in [1.807, 2.05) is 28.8 Å². The predicted molar refractivity (Wildman–Crippen MR) is 70.4 cm³/mol. The fourth-order valence-corrected chi connectivity index (χ4v) is 1.93. The van der Waals surface area contributed by atoms with E-state index in [4.69, 9.17) is 0 Å². The molecule has 3 aromatic rings. The molecule has 0 saturated heterocycles. The molecule has 0 bridgehead atoms. The fraction of sp³-hybridized carbons (Fsp3) is 0.250. The molecule has 0 spiro atoms. The van der Waals surface area contributed by atoms with Crippen molar-refractivity contribution in [2.45, 2.75) is 19.5 Å². The minimum absolute atomic E-state index is 0.0624. The van der Waals surface area contributed by atoms with Gasteiger partial charge in [-0.2, -0.15) is 5.21 Å². The zero-order valence-electron chi connectivity index (χ0n) is 10.7. The Labute approximate surface area is 114 Å². The summed E-state index contributed by atoms with van der Waals surface area (Å²) in [4.78, 5) is 16.0. The van der Waals surface area contributed by atoms with Crippen molar-refractivity contribution in [2.75, 3.05) is 0 Å². The number of hydrogen-bond acceptors (Lipinski definition) is 5. The lowest BCUT2D eigenvalue weighted by Gasteiger charge is -2.04. The highest BCUT2D eigenvalue weighted by atomic mass is 16.1. The normalized spacial score (nSPS) is 10.8. The van der Waals surface area contributed by atoms with E-state index in [2.05, 4.69) is 30.9 Å². The van der Waals surface area contributed by atoms with Crippen molar-refractivity contribution in [3.63, 3.8) is 0 Å². The summed E-state index contributed by atoms with van der Waals surface area (Å²) >= 11 is 0. The summed E-state index contributed by atoms with van der Waals surface area (Å²) in [6.45, 7) is 0.860. The maximum Gasteiger partial charge on any atom is 0.222 e. The molecule has 1 aromatic carbocycles. The number of fused-ring (bicyclic) bond motifs is 1. The number of benzene rings is 1. The van der Waals surface area contributed by atoms with E-state index in [0.717, 1.165) is 11.0 Å². The number of nitrogens with one attached hydrogen (secondary N) is 2. The average Bonchev–Trinajstić information content (AvgIpc) is 3.12. The standard InChI is InChI=1S/C12H13N7O/c20-12(13-7-11-15-17-18-16-11)5-6-19-8-14-9-3-1-2-4-10(9)19/h1-4,8H,5-7H2,(H,13,20)(H,15,16,17,18). The Kier molecular flexibility index (Phi) is 3.36. The topological polar surface area (TPSA) is 101 Å². The molecule has 1 amide bonds. The minimum atomic E-state index is -0.0624. The van der Waals surface area contributed by atoms with Gasteiger partial charge in [-0.25, -0.2) is 4.98 Å². The van der Waals surface area contributed by atoms with E-state index in [-0.39, 0.29) is 12.5 Å². The molecule has 0 aliphatic rings. The second-order valence-electron chi connectivity index (χ2n) is 4.28. The molecule has 0 unspecified atom stereocenters. The summed E-state index contributed by atoms with van der Waals surface area (Å²) < 4.78 is 1.96. The molecule has 20 heavy (non-hydrogen) atoms. The van der Waals surface area contributed by atoms with Crippen LogP contribution in [0.25, 0.3) is 11.0 Å². The number of carbonyl (C=O) groups is 1. The van der Waals surface area contributed by atoms with Gasteiger partial charge < -0.3 is 9.88 Å². The highest BCUT2D eigenvalue weighted by Gasteiger charge is 2.06. The van der Waals surface area contributed by atoms with E-state index in [1.165, 1.54) is 0 Å². The molecule has 8 nitrogen and oxygen atoms in total. The molecular weight excluding hydrogens is 258 g/mol. The molecule has 0 aliphatic carbocycles. The first kappa shape index (κ1) is 12.3. The van der Waals surface area contributed by atoms with Crippen molar-refractivity contribution in [2.24, 2.45) is 0 Å². The Balaban J connectivity index is 1.55. The lowest BCUT2D eigenvalue weighted by molar-refractivity contribution is -0.121. The first-order chi connectivity index (χ1) is 9.83. The monoisotopic (exact) mass is 271 g/mol. The van der Waals surface area contributed by atoms with Crippen molar-refractivity contribution < 1.29 is 4.79 Å². The number of tetrazole rings is 1. The van der Waals surface area contributed by atoms with Gasteiger partial charge in [-0.3, -0.25) is 4.79 Å². The van der Waals surface area contributed by atoms with Gasteiger partial charge in [0.05, 0.1) is 23.9 Å². The van der Waals surface area contributed by atoms with Gasteiger partial charge in [0.15, 0.2) is 5.82 Å². The molecule has 0 radical (unpaired) electrons. The maximum atomic E-state index is 11.7. The highest BCUT2D eigenvalue weighted by molar-refractivity contribution is 5.77. The van der Waals surface area contributed by atoms with Crippen LogP contribution in [0, 0.1) is 0 Å². The lowest BCUT2D eigenvalue weighted by atomic mass is 10.3. The van der Waals surface area contributed by atoms with Crippen molar-refractivity contribution in [1.29, 1.82) is 0 Å². The molecule has 102 valence electrons. The first-order valence-electron chi connectivity index (χ1n) is 6.22. The van der Waals surface area contributed by atoms with E-state index < -0.39 is 0 Å². The summed E-state index contributed by atoms with van der Waals surface area (Å²) in [5, 5.41) is 16.0. The van der Waals surface area contributed by atoms with Crippen LogP contribution in [-0.4, -0.2) is 36.1 Å². The van der Waals surface area contributed by atoms with Gasteiger partial charge in [0.2, 0.25) is 5.91 Å². The molecule has 0 atom stereocenters. The van der Waals surface area contributed by atoms with Gasteiger partial charge in [0.25, 0.3) is 0 Å². The molecule has 2 N–H and O–H groups in total. The fourth-order valence-electron chi connectivity index (χ4n) is 1.93. The van der Waals surface area contributed by atoms with E-state index >= 15 is 0 Å². The van der Waals surface area contributed by atoms with Crippen LogP contribution in [0.5, 0.6) is 0 Å². The molecular formula is C12H13N7O. The number of amides is 1. The van der Waals surface area contributed by atoms with E-state index in [0.29, 0.717) is 18.8 Å². The zero-order valence-corrected chi connectivity index (χ0v) is 10.7. The van der Waals surface area contributed by atoms with Crippen LogP contribution >= 0.6 is 0 Å². The summed E-state index contributed by atoms with van der Waals surface area (Å²) in [5.74, 6) is 0.402. The number of aromatic nitrogens is 6. The van der Waals surface area contributed by atoms with Crippen molar-refractivity contribution in [3.8, 4) is 0 Å². The van der Waals surface area contributed by atoms with Gasteiger partial charge in [0, 0.05) is 13.0 Å². The number of imidazole rings is 1. The molecule has 2 heterocycles. The van der Waals surface area contributed by atoms with Crippen LogP contribution in [0.4, 0.5) is 0 Å². The number of para-hydroxylation sites is 2. The minimum Gasteiger partial charge on any atom is -0.349 e. The molecule has 2 aromatic heterocycles. The number of carbonyl (C=O) groups excluding carboxylic acids is 1. The SMILES string of the molecule is O=C(CCn1cnc2ccccc21)NCc1nn[nH]n1. The highest BCUT2D eigenvalue weighted by Crippen LogP contribution is 2.11. The van der Waals surface area contributed by atoms with Crippen LogP contribution in [0.15, 0.2) is 30.6 Å². The number of aryl methyl sites for hydroxylation is 1. The largest absolute Gasteiger partial charge is 0.349 e. The molecule has 3 rings (SSSR count). The third kappa shape index (κ3) is 2.63. The van der Waals surface area contributed by atoms with Crippen molar-refractivity contribution in [1.82, 2.24) is 35.5 Å². The third-order valence-corrected chi connectivity index (χ3v) is 2.94. The molecule has 0 saturated carbocycles. The van der Waals surface area contributed by atoms with Gasteiger partial charge in [-0.1, -0.05) is 17.3 Å². The second-order valence-corrected chi connectivity index (χ2v) is 4.28. The van der Waals surface area contributed by atoms with E-state index in [1.54, 1.807) is 6.33 Å². The summed E-state index contributed by atoms with van der Waals surface area (Å²) in [6, 6.07) is 7.83. The summed E-state index contributed by atoms with van der Waals surface area (Å²) in [6.07, 6.45) is 2.12. The first-order valence-corrected chi connectivity index (χ1v) is 6.22. The van der Waals surface area contributed by atoms with E-state index in [9.17, 15) is 4.79 Å². The number of nitrogens with zero attached hydrogens (tertiary/aromatic N) is 5. The Morgan fingerprint density at radius 2 is 2.25 bits per heavy atom. The van der Waals surface area contributed by atoms with Crippen LogP contribution in [-0.2, 0) is 17.9 Å². The summed E-state index contributed by atoms with van der Waals surface area (Å²) in [5.41, 5.74) is 1.96. The van der Waals surface area contributed by atoms with Crippen LogP contribution < -0.4 is 5.32 Å². The van der Waals surface area contributed by atoms with Crippen LogP contribution in [0.3, 0.4) is 0 Å². The van der Waals surface area contributed by atoms with Crippen molar-refractivity contribution in [3.05, 3.63) is 36.4 Å². The molecule has 0 aliphatic heterocycles. The van der Waals surface area contributed by atoms with Gasteiger partial charge in [0.1, 0.15) is 0 Å². The Bertz CT molecular complexity index is 704. The Hall–Kier alpha value is -2.77. The predicted octanol–water partition coefficient (Wildman–Crippen LogP) is 0.256. The number of aromatic amines is 1. The number of H-pyrrole nitrogens is 1. The number of hydrogen-bond donors (Lipinski definition) is 2. The third-order valence-electron chi connectivity index (χ3n) is 2.94. The van der Waals surface area contributed by atoms with Gasteiger partial charge in [-0.05, 0) is 12.1 Å². The average molecular weight is 271 g/mol. The van der Waals surface area contributed by atoms with Gasteiger partial charge >= 0.3 is 0 Å². The quantitative estimate of drug-likeness (QED) is 0.693. The zero-order chi connectivity index (χ0) is 13.8. The Morgan fingerprint density at radius 3 is 3.10 bits per heavy atom. The van der Waals surface area contributed by atoms with Crippen LogP contribution in [0.2, 0.25) is 0 Å². The molecule has 0 fully saturated rings. The smallest absolute Gasteiger partial charge is 0.222 e. The lowest BCUT2D eigenvalue weighted by Crippen LogP contribution is -2.24. The van der Waals surface area contributed by atoms with Gasteiger partial charge in [-0.15, -0.1) is 10.2 Å².